The van der Waals surface area contributed by atoms with Crippen LogP contribution in [0.25, 0.3) is 10.1 Å². The summed E-state index contributed by atoms with van der Waals surface area (Å²) in [5.41, 5.74) is 0.270. The average Bonchev–Trinajstić information content (AvgIpc) is 2.57. The van der Waals surface area contributed by atoms with E-state index in [0.29, 0.717) is 10.1 Å². The van der Waals surface area contributed by atoms with Gasteiger partial charge in [-0.1, -0.05) is 12.1 Å². The van der Waals surface area contributed by atoms with Crippen molar-refractivity contribution in [3.8, 4) is 12.1 Å². The molecule has 0 spiro atoms. The van der Waals surface area contributed by atoms with Crippen molar-refractivity contribution in [1.82, 2.24) is 0 Å². The molecule has 0 saturated carbocycles. The second-order valence-corrected chi connectivity index (χ2v) is 3.67. The third kappa shape index (κ3) is 1.06. The van der Waals surface area contributed by atoms with Gasteiger partial charge in [0.15, 0.2) is 0 Å². The maximum Gasteiger partial charge on any atom is 0.141 e. The molecule has 2 nitrogen and oxygen atoms in total. The fraction of sp³-hybridized carbons (Fsp3) is 0. The first-order chi connectivity index (χ1) is 6.77. The summed E-state index contributed by atoms with van der Waals surface area (Å²) in [7, 11) is 0. The van der Waals surface area contributed by atoms with Gasteiger partial charge in [0.2, 0.25) is 0 Å². The minimum absolute atomic E-state index is 0.270. The van der Waals surface area contributed by atoms with Crippen molar-refractivity contribution in [2.24, 2.45) is 0 Å². The Bertz CT molecular complexity index is 586. The summed E-state index contributed by atoms with van der Waals surface area (Å²) in [4.78, 5) is 0.271. The van der Waals surface area contributed by atoms with Crippen molar-refractivity contribution >= 4 is 21.4 Å². The number of nitrogens with zero attached hydrogens (tertiary/aromatic N) is 2. The van der Waals surface area contributed by atoms with Crippen LogP contribution in [0.4, 0.5) is 4.39 Å². The van der Waals surface area contributed by atoms with E-state index < -0.39 is 0 Å². The van der Waals surface area contributed by atoms with Gasteiger partial charge in [-0.2, -0.15) is 10.5 Å². The first kappa shape index (κ1) is 8.68. The summed E-state index contributed by atoms with van der Waals surface area (Å²) in [5.74, 6) is -0.384. The van der Waals surface area contributed by atoms with E-state index in [4.69, 9.17) is 10.5 Å². The smallest absolute Gasteiger partial charge is 0.141 e. The molecule has 0 atom stereocenters. The van der Waals surface area contributed by atoms with Crippen LogP contribution in [-0.4, -0.2) is 0 Å². The van der Waals surface area contributed by atoms with E-state index in [1.807, 2.05) is 12.1 Å². The number of hydrogen-bond acceptors (Lipinski definition) is 3. The quantitative estimate of drug-likeness (QED) is 0.659. The van der Waals surface area contributed by atoms with Crippen molar-refractivity contribution in [1.29, 1.82) is 10.5 Å². The lowest BCUT2D eigenvalue weighted by atomic mass is 10.1. The molecule has 14 heavy (non-hydrogen) atoms. The van der Waals surface area contributed by atoms with Crippen LogP contribution in [0.3, 0.4) is 0 Å². The Balaban J connectivity index is 2.97. The molecular formula is C10H3FN2S. The van der Waals surface area contributed by atoms with Gasteiger partial charge in [0.05, 0.1) is 10.3 Å². The van der Waals surface area contributed by atoms with Gasteiger partial charge in [-0.3, -0.25) is 0 Å². The minimum Gasteiger partial charge on any atom is -0.205 e. The summed E-state index contributed by atoms with van der Waals surface area (Å²) in [6.45, 7) is 0. The standard InChI is InChI=1S/C10H3FN2S/c11-8-3-1-2-6-7(4-12)9(5-13)14-10(6)8/h1-3H. The van der Waals surface area contributed by atoms with Crippen molar-refractivity contribution < 1.29 is 4.39 Å². The van der Waals surface area contributed by atoms with Gasteiger partial charge < -0.3 is 0 Å². The molecule has 0 saturated heterocycles. The van der Waals surface area contributed by atoms with E-state index in [2.05, 4.69) is 0 Å². The van der Waals surface area contributed by atoms with Gasteiger partial charge in [-0.05, 0) is 6.07 Å². The van der Waals surface area contributed by atoms with Gasteiger partial charge in [-0.25, -0.2) is 4.39 Å². The lowest BCUT2D eigenvalue weighted by Gasteiger charge is -1.89. The lowest BCUT2D eigenvalue weighted by Crippen LogP contribution is -1.75. The van der Waals surface area contributed by atoms with Gasteiger partial charge >= 0.3 is 0 Å². The molecule has 0 aliphatic heterocycles. The zero-order valence-corrected chi connectivity index (χ0v) is 7.73. The molecule has 1 heterocycles. The monoisotopic (exact) mass is 202 g/mol. The summed E-state index contributed by atoms with van der Waals surface area (Å²) in [5, 5.41) is 18.1. The molecule has 0 aliphatic rings. The second-order valence-electron chi connectivity index (χ2n) is 2.65. The third-order valence-electron chi connectivity index (χ3n) is 1.88. The number of thiophene rings is 1. The van der Waals surface area contributed by atoms with Crippen LogP contribution in [0.2, 0.25) is 0 Å². The molecule has 0 amide bonds. The van der Waals surface area contributed by atoms with E-state index >= 15 is 0 Å². The summed E-state index contributed by atoms with van der Waals surface area (Å²) in [6.07, 6.45) is 0. The Morgan fingerprint density at radius 2 is 2.00 bits per heavy atom. The SMILES string of the molecule is N#Cc1sc2c(F)cccc2c1C#N. The van der Waals surface area contributed by atoms with Crippen molar-refractivity contribution in [2.75, 3.05) is 0 Å². The van der Waals surface area contributed by atoms with Gasteiger partial charge in [-0.15, -0.1) is 11.3 Å². The molecule has 0 N–H and O–H groups in total. The predicted octanol–water partition coefficient (Wildman–Crippen LogP) is 2.78. The largest absolute Gasteiger partial charge is 0.205 e. The van der Waals surface area contributed by atoms with E-state index in [0.717, 1.165) is 11.3 Å². The normalized spacial score (nSPS) is 9.64. The number of fused-ring (bicyclic) bond motifs is 1. The highest BCUT2D eigenvalue weighted by atomic mass is 32.1. The van der Waals surface area contributed by atoms with Crippen LogP contribution in [-0.2, 0) is 0 Å². The van der Waals surface area contributed by atoms with Crippen LogP contribution >= 0.6 is 11.3 Å². The molecule has 0 radical (unpaired) electrons. The third-order valence-corrected chi connectivity index (χ3v) is 3.00. The lowest BCUT2D eigenvalue weighted by molar-refractivity contribution is 0.642. The van der Waals surface area contributed by atoms with Crippen LogP contribution in [0, 0.1) is 28.5 Å². The maximum atomic E-state index is 13.2. The molecular weight excluding hydrogens is 199 g/mol. The molecule has 66 valence electrons. The van der Waals surface area contributed by atoms with Crippen LogP contribution in [0.15, 0.2) is 18.2 Å². The number of nitriles is 2. The van der Waals surface area contributed by atoms with Gasteiger partial charge in [0.1, 0.15) is 22.8 Å². The highest BCUT2D eigenvalue weighted by Crippen LogP contribution is 2.31. The van der Waals surface area contributed by atoms with Crippen molar-refractivity contribution in [3.05, 3.63) is 34.5 Å². The number of rotatable bonds is 0. The molecule has 1 aromatic heterocycles. The predicted molar refractivity (Wildman–Crippen MR) is 51.2 cm³/mol. The highest BCUT2D eigenvalue weighted by Gasteiger charge is 2.13. The summed E-state index contributed by atoms with van der Waals surface area (Å²) in [6, 6.07) is 8.31. The molecule has 1 aromatic carbocycles. The topological polar surface area (TPSA) is 47.6 Å². The highest BCUT2D eigenvalue weighted by molar-refractivity contribution is 7.19. The zero-order chi connectivity index (χ0) is 10.1. The molecule has 0 aliphatic carbocycles. The zero-order valence-electron chi connectivity index (χ0n) is 6.91. The Hall–Kier alpha value is -1.91. The molecule has 0 bridgehead atoms. The second kappa shape index (κ2) is 3.10. The van der Waals surface area contributed by atoms with Crippen LogP contribution in [0.5, 0.6) is 0 Å². The van der Waals surface area contributed by atoms with E-state index in [1.54, 1.807) is 6.07 Å². The Morgan fingerprint density at radius 1 is 1.21 bits per heavy atom. The average molecular weight is 202 g/mol. The Kier molecular flexibility index (Phi) is 1.92. The molecule has 2 aromatic rings. The van der Waals surface area contributed by atoms with Gasteiger partial charge in [0, 0.05) is 5.39 Å². The Morgan fingerprint density at radius 3 is 2.64 bits per heavy atom. The van der Waals surface area contributed by atoms with Crippen LogP contribution < -0.4 is 0 Å². The van der Waals surface area contributed by atoms with E-state index in [9.17, 15) is 4.39 Å². The maximum absolute atomic E-state index is 13.2. The fourth-order valence-corrected chi connectivity index (χ4v) is 2.23. The summed E-state index contributed by atoms with van der Waals surface area (Å²) < 4.78 is 13.6. The minimum atomic E-state index is -0.384. The van der Waals surface area contributed by atoms with Gasteiger partial charge in [0.25, 0.3) is 0 Å². The molecule has 2 rings (SSSR count). The summed E-state index contributed by atoms with van der Waals surface area (Å²) >= 11 is 1.02. The molecule has 0 fully saturated rings. The number of hydrogen-bond donors (Lipinski definition) is 0. The number of halogens is 1. The first-order valence-electron chi connectivity index (χ1n) is 3.79. The van der Waals surface area contributed by atoms with E-state index in [1.165, 1.54) is 12.1 Å². The Labute approximate surface area is 83.4 Å². The number of benzene rings is 1. The van der Waals surface area contributed by atoms with Crippen LogP contribution in [0.1, 0.15) is 10.4 Å². The van der Waals surface area contributed by atoms with E-state index in [-0.39, 0.29) is 16.3 Å². The first-order valence-corrected chi connectivity index (χ1v) is 4.60. The molecule has 0 unspecified atom stereocenters. The molecule has 4 heteroatoms. The van der Waals surface area contributed by atoms with Crippen molar-refractivity contribution in [3.63, 3.8) is 0 Å². The van der Waals surface area contributed by atoms with Crippen molar-refractivity contribution in [2.45, 2.75) is 0 Å². The fourth-order valence-electron chi connectivity index (χ4n) is 1.27.